The number of Topliss-reactive ketones (excluding diaryl/α,β-unsaturated/α-hetero) is 1. The first-order valence-electron chi connectivity index (χ1n) is 9.33. The highest BCUT2D eigenvalue weighted by Gasteiger charge is 2.35. The van der Waals surface area contributed by atoms with Crippen LogP contribution in [0.4, 0.5) is 0 Å². The summed E-state index contributed by atoms with van der Waals surface area (Å²) in [5, 5.41) is 0. The summed E-state index contributed by atoms with van der Waals surface area (Å²) < 4.78 is 5.35. The number of hydrogen-bond acceptors (Lipinski definition) is 3. The molecule has 0 saturated carbocycles. The molecule has 0 aliphatic carbocycles. The van der Waals surface area contributed by atoms with Crippen molar-refractivity contribution in [2.45, 2.75) is 104 Å². The van der Waals surface area contributed by atoms with E-state index >= 15 is 0 Å². The molecule has 0 aromatic rings. The molecule has 0 amide bonds. The van der Waals surface area contributed by atoms with Gasteiger partial charge in [0.2, 0.25) is 0 Å². The molecule has 0 radical (unpaired) electrons. The molecule has 0 N–H and O–H groups in total. The molecular formula is C20H34O3. The molecule has 0 aromatic heterocycles. The molecule has 132 valence electrons. The van der Waals surface area contributed by atoms with E-state index in [4.69, 9.17) is 4.74 Å². The van der Waals surface area contributed by atoms with Crippen molar-refractivity contribution in [1.82, 2.24) is 0 Å². The number of carbonyl (C=O) groups excluding carboxylic acids is 2. The van der Waals surface area contributed by atoms with Crippen LogP contribution in [0.5, 0.6) is 0 Å². The molecule has 1 aliphatic rings. The van der Waals surface area contributed by atoms with Crippen LogP contribution in [0.25, 0.3) is 0 Å². The van der Waals surface area contributed by atoms with Crippen LogP contribution in [0.1, 0.15) is 98.3 Å². The predicted molar refractivity (Wildman–Crippen MR) is 94.3 cm³/mol. The van der Waals surface area contributed by atoms with Gasteiger partial charge in [-0.1, -0.05) is 63.9 Å². The van der Waals surface area contributed by atoms with E-state index in [9.17, 15) is 9.59 Å². The van der Waals surface area contributed by atoms with Crippen molar-refractivity contribution in [2.24, 2.45) is 0 Å². The lowest BCUT2D eigenvalue weighted by Gasteiger charge is -2.31. The van der Waals surface area contributed by atoms with Crippen molar-refractivity contribution in [3.8, 4) is 0 Å². The minimum atomic E-state index is -0.483. The number of rotatable bonds is 11. The standard InChI is InChI=1S/C20H34O3/c1-5-6-7-8-9-10-11-12-13-14-17(21)18-16(2)15-20(3,4)23-19(18)22/h5-15H2,1-4H3. The van der Waals surface area contributed by atoms with E-state index in [0.717, 1.165) is 18.4 Å². The fraction of sp³-hybridized carbons (Fsp3) is 0.800. The molecule has 3 nitrogen and oxygen atoms in total. The smallest absolute Gasteiger partial charge is 0.342 e. The highest BCUT2D eigenvalue weighted by Crippen LogP contribution is 2.30. The second kappa shape index (κ2) is 9.89. The van der Waals surface area contributed by atoms with Gasteiger partial charge in [0.15, 0.2) is 5.78 Å². The molecule has 3 heteroatoms. The van der Waals surface area contributed by atoms with Crippen LogP contribution in [0, 0.1) is 0 Å². The lowest BCUT2D eigenvalue weighted by atomic mass is 9.89. The molecule has 0 unspecified atom stereocenters. The molecule has 1 heterocycles. The number of unbranched alkanes of at least 4 members (excludes halogenated alkanes) is 8. The largest absolute Gasteiger partial charge is 0.456 e. The van der Waals surface area contributed by atoms with Gasteiger partial charge in [0.1, 0.15) is 11.2 Å². The average Bonchev–Trinajstić information content (AvgIpc) is 2.43. The number of esters is 1. The molecule has 0 bridgehead atoms. The van der Waals surface area contributed by atoms with Crippen LogP contribution in [-0.4, -0.2) is 17.4 Å². The van der Waals surface area contributed by atoms with Crippen molar-refractivity contribution < 1.29 is 14.3 Å². The summed E-state index contributed by atoms with van der Waals surface area (Å²) in [6, 6.07) is 0. The summed E-state index contributed by atoms with van der Waals surface area (Å²) in [7, 11) is 0. The minimum Gasteiger partial charge on any atom is -0.456 e. The maximum atomic E-state index is 12.3. The summed E-state index contributed by atoms with van der Waals surface area (Å²) in [5.74, 6) is -0.467. The predicted octanol–water partition coefficient (Wildman–Crippen LogP) is 5.52. The fourth-order valence-corrected chi connectivity index (χ4v) is 3.31. The van der Waals surface area contributed by atoms with Gasteiger partial charge in [-0.05, 0) is 27.2 Å². The van der Waals surface area contributed by atoms with Crippen molar-refractivity contribution in [1.29, 1.82) is 0 Å². The van der Waals surface area contributed by atoms with Crippen molar-refractivity contribution in [3.63, 3.8) is 0 Å². The third-order valence-electron chi connectivity index (χ3n) is 4.48. The van der Waals surface area contributed by atoms with Crippen LogP contribution >= 0.6 is 0 Å². The number of carbonyl (C=O) groups is 2. The van der Waals surface area contributed by atoms with Gasteiger partial charge < -0.3 is 4.74 Å². The van der Waals surface area contributed by atoms with Crippen LogP contribution < -0.4 is 0 Å². The fourth-order valence-electron chi connectivity index (χ4n) is 3.31. The average molecular weight is 322 g/mol. The maximum Gasteiger partial charge on any atom is 0.342 e. The van der Waals surface area contributed by atoms with Crippen LogP contribution in [0.15, 0.2) is 11.1 Å². The van der Waals surface area contributed by atoms with E-state index < -0.39 is 11.6 Å². The zero-order chi connectivity index (χ0) is 17.3. The van der Waals surface area contributed by atoms with Crippen molar-refractivity contribution in [3.05, 3.63) is 11.1 Å². The van der Waals surface area contributed by atoms with E-state index in [0.29, 0.717) is 18.4 Å². The Labute approximate surface area is 141 Å². The lowest BCUT2D eigenvalue weighted by molar-refractivity contribution is -0.154. The van der Waals surface area contributed by atoms with E-state index in [1.54, 1.807) is 0 Å². The Balaban J connectivity index is 2.23. The molecule has 0 fully saturated rings. The number of cyclic esters (lactones) is 1. The molecule has 0 spiro atoms. The lowest BCUT2D eigenvalue weighted by Crippen LogP contribution is -2.36. The minimum absolute atomic E-state index is 0.0362. The third kappa shape index (κ3) is 7.32. The Morgan fingerprint density at radius 3 is 2.04 bits per heavy atom. The number of ketones is 1. The molecular weight excluding hydrogens is 288 g/mol. The molecule has 0 aromatic carbocycles. The number of hydrogen-bond donors (Lipinski definition) is 0. The quantitative estimate of drug-likeness (QED) is 0.286. The van der Waals surface area contributed by atoms with Crippen molar-refractivity contribution >= 4 is 11.8 Å². The van der Waals surface area contributed by atoms with Crippen molar-refractivity contribution in [2.75, 3.05) is 0 Å². The number of ether oxygens (including phenoxy) is 1. The van der Waals surface area contributed by atoms with Crippen LogP contribution in [0.2, 0.25) is 0 Å². The second-order valence-corrected chi connectivity index (χ2v) is 7.48. The molecule has 0 atom stereocenters. The summed E-state index contributed by atoms with van der Waals surface area (Å²) in [5.41, 5.74) is 0.707. The molecule has 0 saturated heterocycles. The summed E-state index contributed by atoms with van der Waals surface area (Å²) in [6.45, 7) is 7.88. The van der Waals surface area contributed by atoms with Gasteiger partial charge in [-0.2, -0.15) is 0 Å². The summed E-state index contributed by atoms with van der Waals surface area (Å²) >= 11 is 0. The molecule has 23 heavy (non-hydrogen) atoms. The Kier molecular flexibility index (Phi) is 8.57. The van der Waals surface area contributed by atoms with Crippen LogP contribution in [0.3, 0.4) is 0 Å². The van der Waals surface area contributed by atoms with E-state index in [-0.39, 0.29) is 5.78 Å². The summed E-state index contributed by atoms with van der Waals surface area (Å²) in [4.78, 5) is 24.3. The van der Waals surface area contributed by atoms with Gasteiger partial charge in [-0.25, -0.2) is 4.79 Å². The first kappa shape index (κ1) is 19.9. The highest BCUT2D eigenvalue weighted by atomic mass is 16.6. The van der Waals surface area contributed by atoms with Gasteiger partial charge in [-0.3, -0.25) is 4.79 Å². The van der Waals surface area contributed by atoms with Gasteiger partial charge >= 0.3 is 5.97 Å². The van der Waals surface area contributed by atoms with E-state index in [2.05, 4.69) is 6.92 Å². The Hall–Kier alpha value is -1.12. The normalized spacial score (nSPS) is 17.3. The van der Waals surface area contributed by atoms with E-state index in [1.807, 2.05) is 20.8 Å². The molecule has 1 rings (SSSR count). The second-order valence-electron chi connectivity index (χ2n) is 7.48. The topological polar surface area (TPSA) is 43.4 Å². The molecule has 1 aliphatic heterocycles. The van der Waals surface area contributed by atoms with E-state index in [1.165, 1.54) is 44.9 Å². The van der Waals surface area contributed by atoms with Crippen LogP contribution in [-0.2, 0) is 14.3 Å². The monoisotopic (exact) mass is 322 g/mol. The van der Waals surface area contributed by atoms with Gasteiger partial charge in [0.05, 0.1) is 0 Å². The first-order valence-corrected chi connectivity index (χ1v) is 9.33. The van der Waals surface area contributed by atoms with Gasteiger partial charge in [0, 0.05) is 12.8 Å². The zero-order valence-electron chi connectivity index (χ0n) is 15.5. The Morgan fingerprint density at radius 2 is 1.52 bits per heavy atom. The highest BCUT2D eigenvalue weighted by molar-refractivity contribution is 6.18. The Morgan fingerprint density at radius 1 is 1.00 bits per heavy atom. The third-order valence-corrected chi connectivity index (χ3v) is 4.48. The van der Waals surface area contributed by atoms with Gasteiger partial charge in [0.25, 0.3) is 0 Å². The maximum absolute atomic E-state index is 12.3. The zero-order valence-corrected chi connectivity index (χ0v) is 15.5. The summed E-state index contributed by atoms with van der Waals surface area (Å²) in [6.07, 6.45) is 12.1. The SMILES string of the molecule is CCCCCCCCCCCC(=O)C1=C(C)CC(C)(C)OC1=O. The first-order chi connectivity index (χ1) is 10.9. The Bertz CT molecular complexity index is 432. The van der Waals surface area contributed by atoms with Gasteiger partial charge in [-0.15, -0.1) is 0 Å².